The lowest BCUT2D eigenvalue weighted by molar-refractivity contribution is 0.260. The van der Waals surface area contributed by atoms with Crippen molar-refractivity contribution < 1.29 is 8.42 Å². The maximum Gasteiger partial charge on any atom is 0.252 e. The van der Waals surface area contributed by atoms with Crippen molar-refractivity contribution in [2.75, 3.05) is 13.1 Å². The lowest BCUT2D eigenvalue weighted by Gasteiger charge is -2.29. The van der Waals surface area contributed by atoms with Gasteiger partial charge in [-0.25, -0.2) is 8.42 Å². The van der Waals surface area contributed by atoms with E-state index in [1.54, 1.807) is 16.4 Å². The van der Waals surface area contributed by atoms with E-state index in [2.05, 4.69) is 0 Å². The molecule has 2 aliphatic rings. The number of nitrogens with zero attached hydrogens (tertiary/aromatic N) is 1. The van der Waals surface area contributed by atoms with Crippen LogP contribution >= 0.6 is 23.7 Å². The quantitative estimate of drug-likeness (QED) is 0.904. The van der Waals surface area contributed by atoms with Gasteiger partial charge in [0.15, 0.2) is 0 Å². The zero-order valence-electron chi connectivity index (χ0n) is 10.6. The van der Waals surface area contributed by atoms with Crippen LogP contribution in [0.4, 0.5) is 0 Å². The summed E-state index contributed by atoms with van der Waals surface area (Å²) in [6, 6.07) is 3.64. The highest BCUT2D eigenvalue weighted by Gasteiger charge is 2.43. The highest BCUT2D eigenvalue weighted by Crippen LogP contribution is 2.38. The van der Waals surface area contributed by atoms with Crippen molar-refractivity contribution in [3.05, 3.63) is 17.5 Å². The number of hydrogen-bond donors (Lipinski definition) is 1. The molecular formula is C12H19ClN2O2S2. The second kappa shape index (κ2) is 5.69. The fraction of sp³-hybridized carbons (Fsp3) is 0.667. The molecule has 1 aliphatic heterocycles. The minimum atomic E-state index is -3.28. The summed E-state index contributed by atoms with van der Waals surface area (Å²) in [5, 5.41) is 1.81. The molecule has 7 heteroatoms. The van der Waals surface area contributed by atoms with Gasteiger partial charge in [0, 0.05) is 19.1 Å². The van der Waals surface area contributed by atoms with Crippen LogP contribution in [0.15, 0.2) is 21.7 Å². The molecule has 108 valence electrons. The van der Waals surface area contributed by atoms with E-state index in [1.165, 1.54) is 11.3 Å². The molecule has 2 N–H and O–H groups in total. The Morgan fingerprint density at radius 2 is 2.11 bits per heavy atom. The second-order valence-electron chi connectivity index (χ2n) is 5.27. The van der Waals surface area contributed by atoms with Gasteiger partial charge in [0.1, 0.15) is 4.21 Å². The topological polar surface area (TPSA) is 63.4 Å². The summed E-state index contributed by atoms with van der Waals surface area (Å²) in [6.07, 6.45) is 3.29. The van der Waals surface area contributed by atoms with Crippen molar-refractivity contribution in [2.45, 2.75) is 29.5 Å². The fourth-order valence-corrected chi connectivity index (χ4v) is 5.89. The van der Waals surface area contributed by atoms with Crippen LogP contribution in [0, 0.1) is 11.8 Å². The molecular weight excluding hydrogens is 304 g/mol. The molecule has 19 heavy (non-hydrogen) atoms. The minimum absolute atomic E-state index is 0. The van der Waals surface area contributed by atoms with Gasteiger partial charge < -0.3 is 5.73 Å². The Morgan fingerprint density at radius 3 is 2.74 bits per heavy atom. The maximum atomic E-state index is 12.4. The standard InChI is InChI=1S/C12H18N2O2S2.ClH/c13-11-4-1-3-9-7-14(8-10(9)11)18(15,16)12-5-2-6-17-12;/h2,5-6,9-11H,1,3-4,7-8,13H2;1H. The van der Waals surface area contributed by atoms with E-state index >= 15 is 0 Å². The predicted molar refractivity (Wildman–Crippen MR) is 79.1 cm³/mol. The Bertz CT molecular complexity index is 518. The zero-order chi connectivity index (χ0) is 12.8. The highest BCUT2D eigenvalue weighted by atomic mass is 35.5. The van der Waals surface area contributed by atoms with Crippen LogP contribution in [0.25, 0.3) is 0 Å². The molecule has 2 fully saturated rings. The van der Waals surface area contributed by atoms with Crippen LogP contribution < -0.4 is 5.73 Å². The summed E-state index contributed by atoms with van der Waals surface area (Å²) in [7, 11) is -3.28. The second-order valence-corrected chi connectivity index (χ2v) is 8.39. The van der Waals surface area contributed by atoms with Crippen LogP contribution in [0.5, 0.6) is 0 Å². The number of nitrogens with two attached hydrogens (primary N) is 1. The average Bonchev–Trinajstić information content (AvgIpc) is 2.99. The third-order valence-electron chi connectivity index (χ3n) is 4.21. The molecule has 0 aromatic carbocycles. The van der Waals surface area contributed by atoms with Gasteiger partial charge in [-0.1, -0.05) is 12.5 Å². The van der Waals surface area contributed by atoms with E-state index in [1.807, 2.05) is 5.38 Å². The third-order valence-corrected chi connectivity index (χ3v) is 7.41. The van der Waals surface area contributed by atoms with Crippen LogP contribution in [0.1, 0.15) is 19.3 Å². The summed E-state index contributed by atoms with van der Waals surface area (Å²) in [4.78, 5) is 0. The first-order chi connectivity index (χ1) is 8.59. The highest BCUT2D eigenvalue weighted by molar-refractivity contribution is 7.91. The van der Waals surface area contributed by atoms with Gasteiger partial charge in [-0.3, -0.25) is 0 Å². The summed E-state index contributed by atoms with van der Waals surface area (Å²) >= 11 is 1.29. The largest absolute Gasteiger partial charge is 0.327 e. The van der Waals surface area contributed by atoms with E-state index in [0.29, 0.717) is 29.1 Å². The molecule has 1 aliphatic carbocycles. The van der Waals surface area contributed by atoms with E-state index in [0.717, 1.165) is 19.3 Å². The molecule has 0 amide bonds. The van der Waals surface area contributed by atoms with Gasteiger partial charge in [-0.15, -0.1) is 23.7 Å². The summed E-state index contributed by atoms with van der Waals surface area (Å²) in [5.41, 5.74) is 6.13. The maximum absolute atomic E-state index is 12.4. The van der Waals surface area contributed by atoms with Crippen LogP contribution in [0.3, 0.4) is 0 Å². The van der Waals surface area contributed by atoms with E-state index < -0.39 is 10.0 Å². The van der Waals surface area contributed by atoms with Crippen molar-refractivity contribution in [2.24, 2.45) is 17.6 Å². The number of halogens is 1. The first kappa shape index (κ1) is 15.3. The van der Waals surface area contributed by atoms with Crippen LogP contribution in [0.2, 0.25) is 0 Å². The Hall–Kier alpha value is -0.140. The molecule has 1 aromatic heterocycles. The monoisotopic (exact) mass is 322 g/mol. The number of rotatable bonds is 2. The molecule has 3 atom stereocenters. The first-order valence-corrected chi connectivity index (χ1v) is 8.70. The number of fused-ring (bicyclic) bond motifs is 1. The van der Waals surface area contributed by atoms with E-state index in [4.69, 9.17) is 5.73 Å². The molecule has 3 rings (SSSR count). The molecule has 2 heterocycles. The van der Waals surface area contributed by atoms with E-state index in [9.17, 15) is 8.42 Å². The Labute approximate surface area is 124 Å². The smallest absolute Gasteiger partial charge is 0.252 e. The predicted octanol–water partition coefficient (Wildman–Crippen LogP) is 1.92. The van der Waals surface area contributed by atoms with E-state index in [-0.39, 0.29) is 18.4 Å². The third kappa shape index (κ3) is 2.69. The number of sulfonamides is 1. The molecule has 4 nitrogen and oxygen atoms in total. The molecule has 0 bridgehead atoms. The Kier molecular flexibility index (Phi) is 4.57. The summed E-state index contributed by atoms with van der Waals surface area (Å²) < 4.78 is 27.0. The Morgan fingerprint density at radius 1 is 1.32 bits per heavy atom. The van der Waals surface area contributed by atoms with Crippen molar-refractivity contribution in [3.8, 4) is 0 Å². The van der Waals surface area contributed by atoms with Gasteiger partial charge in [0.05, 0.1) is 0 Å². The van der Waals surface area contributed by atoms with Crippen molar-refractivity contribution in [3.63, 3.8) is 0 Å². The lowest BCUT2D eigenvalue weighted by atomic mass is 9.78. The molecule has 0 spiro atoms. The number of hydrogen-bond acceptors (Lipinski definition) is 4. The van der Waals surface area contributed by atoms with Gasteiger partial charge in [-0.05, 0) is 36.1 Å². The van der Waals surface area contributed by atoms with Crippen molar-refractivity contribution in [1.29, 1.82) is 0 Å². The molecule has 3 unspecified atom stereocenters. The van der Waals surface area contributed by atoms with Crippen LogP contribution in [-0.2, 0) is 10.0 Å². The van der Waals surface area contributed by atoms with Gasteiger partial charge in [-0.2, -0.15) is 4.31 Å². The Balaban J connectivity index is 0.00000133. The molecule has 1 aromatic rings. The summed E-state index contributed by atoms with van der Waals surface area (Å²) in [6.45, 7) is 1.25. The minimum Gasteiger partial charge on any atom is -0.327 e. The zero-order valence-corrected chi connectivity index (χ0v) is 13.0. The molecule has 0 radical (unpaired) electrons. The first-order valence-electron chi connectivity index (χ1n) is 6.38. The van der Waals surface area contributed by atoms with Gasteiger partial charge in [0.2, 0.25) is 0 Å². The van der Waals surface area contributed by atoms with Gasteiger partial charge >= 0.3 is 0 Å². The van der Waals surface area contributed by atoms with Crippen molar-refractivity contribution >= 4 is 33.8 Å². The fourth-order valence-electron chi connectivity index (χ4n) is 3.21. The number of thiophene rings is 1. The van der Waals surface area contributed by atoms with Crippen LogP contribution in [-0.4, -0.2) is 31.9 Å². The SMILES string of the molecule is Cl.NC1CCCC2CN(S(=O)(=O)c3cccs3)CC12. The summed E-state index contributed by atoms with van der Waals surface area (Å²) in [5.74, 6) is 0.817. The average molecular weight is 323 g/mol. The van der Waals surface area contributed by atoms with Gasteiger partial charge in [0.25, 0.3) is 10.0 Å². The van der Waals surface area contributed by atoms with Crippen molar-refractivity contribution in [1.82, 2.24) is 4.31 Å². The molecule has 1 saturated carbocycles. The normalized spacial score (nSPS) is 31.7. The lowest BCUT2D eigenvalue weighted by Crippen LogP contribution is -2.38. The molecule has 1 saturated heterocycles.